The molecule has 1 aliphatic rings. The summed E-state index contributed by atoms with van der Waals surface area (Å²) in [6.45, 7) is 2.38. The highest BCUT2D eigenvalue weighted by Gasteiger charge is 2.18. The van der Waals surface area contributed by atoms with Crippen molar-refractivity contribution in [1.29, 1.82) is 0 Å². The standard InChI is InChI=1S/C13H21N3OS/c1-10(17)14-13-15-11(9-18-13)8-16(2)12-6-4-3-5-7-12/h9,12H,3-8H2,1-2H3,(H,14,15,17). The third-order valence-electron chi connectivity index (χ3n) is 3.44. The van der Waals surface area contributed by atoms with Crippen LogP contribution >= 0.6 is 11.3 Å². The summed E-state index contributed by atoms with van der Waals surface area (Å²) in [5.74, 6) is -0.0588. The molecule has 18 heavy (non-hydrogen) atoms. The molecule has 100 valence electrons. The fraction of sp³-hybridized carbons (Fsp3) is 0.692. The van der Waals surface area contributed by atoms with E-state index in [1.165, 1.54) is 50.4 Å². The quantitative estimate of drug-likeness (QED) is 0.912. The van der Waals surface area contributed by atoms with E-state index in [1.54, 1.807) is 0 Å². The summed E-state index contributed by atoms with van der Waals surface area (Å²) in [6, 6.07) is 0.699. The van der Waals surface area contributed by atoms with Gasteiger partial charge >= 0.3 is 0 Å². The molecule has 1 N–H and O–H groups in total. The molecule has 1 aromatic rings. The van der Waals surface area contributed by atoms with Gasteiger partial charge in [-0.1, -0.05) is 19.3 Å². The van der Waals surface area contributed by atoms with E-state index in [4.69, 9.17) is 0 Å². The molecule has 2 rings (SSSR count). The molecule has 0 radical (unpaired) electrons. The zero-order valence-corrected chi connectivity index (χ0v) is 11.9. The minimum absolute atomic E-state index is 0.0588. The van der Waals surface area contributed by atoms with E-state index in [0.29, 0.717) is 11.2 Å². The molecule has 1 aromatic heterocycles. The molecule has 5 heteroatoms. The van der Waals surface area contributed by atoms with E-state index < -0.39 is 0 Å². The largest absolute Gasteiger partial charge is 0.302 e. The van der Waals surface area contributed by atoms with Gasteiger partial charge < -0.3 is 5.32 Å². The second-order valence-corrected chi connectivity index (χ2v) is 5.89. The van der Waals surface area contributed by atoms with Gasteiger partial charge in [-0.15, -0.1) is 11.3 Å². The van der Waals surface area contributed by atoms with Crippen molar-refractivity contribution in [2.75, 3.05) is 12.4 Å². The van der Waals surface area contributed by atoms with Crippen LogP contribution in [0.15, 0.2) is 5.38 Å². The lowest BCUT2D eigenvalue weighted by molar-refractivity contribution is -0.114. The average Bonchev–Trinajstić information content (AvgIpc) is 2.76. The summed E-state index contributed by atoms with van der Waals surface area (Å²) >= 11 is 1.50. The molecule has 0 spiro atoms. The molecule has 0 unspecified atom stereocenters. The fourth-order valence-electron chi connectivity index (χ4n) is 2.49. The Morgan fingerprint density at radius 1 is 1.50 bits per heavy atom. The maximum atomic E-state index is 10.9. The van der Waals surface area contributed by atoms with Crippen LogP contribution in [0, 0.1) is 0 Å². The summed E-state index contributed by atoms with van der Waals surface area (Å²) in [6.07, 6.45) is 6.69. The molecule has 0 bridgehead atoms. The first kappa shape index (κ1) is 13.5. The predicted molar refractivity (Wildman–Crippen MR) is 74.8 cm³/mol. The van der Waals surface area contributed by atoms with Crippen LogP contribution in [0.1, 0.15) is 44.7 Å². The second-order valence-electron chi connectivity index (χ2n) is 5.03. The third kappa shape index (κ3) is 3.78. The summed E-state index contributed by atoms with van der Waals surface area (Å²) in [5, 5.41) is 5.46. The minimum atomic E-state index is -0.0588. The van der Waals surface area contributed by atoms with E-state index in [-0.39, 0.29) is 5.91 Å². The van der Waals surface area contributed by atoms with Gasteiger partial charge in [0.2, 0.25) is 5.91 Å². The van der Waals surface area contributed by atoms with E-state index in [1.807, 2.05) is 5.38 Å². The smallest absolute Gasteiger partial charge is 0.223 e. The third-order valence-corrected chi connectivity index (χ3v) is 4.25. The van der Waals surface area contributed by atoms with Crippen molar-refractivity contribution < 1.29 is 4.79 Å². The Bertz CT molecular complexity index is 399. The maximum Gasteiger partial charge on any atom is 0.223 e. The molecular weight excluding hydrogens is 246 g/mol. The van der Waals surface area contributed by atoms with Crippen molar-refractivity contribution in [1.82, 2.24) is 9.88 Å². The molecule has 0 saturated heterocycles. The number of hydrogen-bond donors (Lipinski definition) is 1. The minimum Gasteiger partial charge on any atom is -0.302 e. The number of thiazole rings is 1. The van der Waals surface area contributed by atoms with E-state index >= 15 is 0 Å². The maximum absolute atomic E-state index is 10.9. The number of nitrogens with zero attached hydrogens (tertiary/aromatic N) is 2. The monoisotopic (exact) mass is 267 g/mol. The highest BCUT2D eigenvalue weighted by molar-refractivity contribution is 7.13. The van der Waals surface area contributed by atoms with E-state index in [0.717, 1.165) is 12.2 Å². The van der Waals surface area contributed by atoms with Gasteiger partial charge in [0.1, 0.15) is 0 Å². The molecule has 1 fully saturated rings. The average molecular weight is 267 g/mol. The Balaban J connectivity index is 1.87. The van der Waals surface area contributed by atoms with Crippen LogP contribution in [0.4, 0.5) is 5.13 Å². The van der Waals surface area contributed by atoms with Gasteiger partial charge in [0.15, 0.2) is 5.13 Å². The van der Waals surface area contributed by atoms with Gasteiger partial charge in [0.05, 0.1) is 5.69 Å². The molecular formula is C13H21N3OS. The summed E-state index contributed by atoms with van der Waals surface area (Å²) in [4.78, 5) is 17.8. The predicted octanol–water partition coefficient (Wildman–Crippen LogP) is 2.87. The van der Waals surface area contributed by atoms with Crippen molar-refractivity contribution in [3.63, 3.8) is 0 Å². The molecule has 0 aromatic carbocycles. The van der Waals surface area contributed by atoms with Crippen molar-refractivity contribution in [2.24, 2.45) is 0 Å². The molecule has 1 heterocycles. The van der Waals surface area contributed by atoms with Crippen molar-refractivity contribution in [3.8, 4) is 0 Å². The Labute approximate surface area is 112 Å². The number of aromatic nitrogens is 1. The molecule has 1 saturated carbocycles. The van der Waals surface area contributed by atoms with Crippen LogP contribution < -0.4 is 5.32 Å². The molecule has 4 nitrogen and oxygen atoms in total. The van der Waals surface area contributed by atoms with Gasteiger partial charge in [-0.3, -0.25) is 9.69 Å². The van der Waals surface area contributed by atoms with Crippen molar-refractivity contribution in [3.05, 3.63) is 11.1 Å². The van der Waals surface area contributed by atoms with Crippen LogP contribution in [0.5, 0.6) is 0 Å². The van der Waals surface area contributed by atoms with E-state index in [9.17, 15) is 4.79 Å². The lowest BCUT2D eigenvalue weighted by Gasteiger charge is -2.30. The van der Waals surface area contributed by atoms with Gasteiger partial charge in [-0.25, -0.2) is 4.98 Å². The summed E-state index contributed by atoms with van der Waals surface area (Å²) in [7, 11) is 2.17. The normalized spacial score (nSPS) is 17.1. The number of carbonyl (C=O) groups is 1. The lowest BCUT2D eigenvalue weighted by atomic mass is 9.94. The Kier molecular flexibility index (Phi) is 4.72. The van der Waals surface area contributed by atoms with Crippen LogP contribution in [-0.2, 0) is 11.3 Å². The Hall–Kier alpha value is -0.940. The molecule has 0 atom stereocenters. The highest BCUT2D eigenvalue weighted by atomic mass is 32.1. The summed E-state index contributed by atoms with van der Waals surface area (Å²) < 4.78 is 0. The van der Waals surface area contributed by atoms with Crippen LogP contribution in [0.3, 0.4) is 0 Å². The SMILES string of the molecule is CC(=O)Nc1nc(CN(C)C2CCCCC2)cs1. The van der Waals surface area contributed by atoms with Crippen LogP contribution in [-0.4, -0.2) is 28.9 Å². The molecule has 0 aliphatic heterocycles. The first-order valence-corrected chi connectivity index (χ1v) is 7.45. The lowest BCUT2D eigenvalue weighted by Crippen LogP contribution is -2.32. The summed E-state index contributed by atoms with van der Waals surface area (Å²) in [5.41, 5.74) is 1.05. The highest BCUT2D eigenvalue weighted by Crippen LogP contribution is 2.23. The van der Waals surface area contributed by atoms with Crippen molar-refractivity contribution in [2.45, 2.75) is 51.6 Å². The van der Waals surface area contributed by atoms with Gasteiger partial charge in [0.25, 0.3) is 0 Å². The van der Waals surface area contributed by atoms with Gasteiger partial charge in [-0.05, 0) is 19.9 Å². The molecule has 1 amide bonds. The topological polar surface area (TPSA) is 45.2 Å². The first-order chi connectivity index (χ1) is 8.65. The number of carbonyl (C=O) groups excluding carboxylic acids is 1. The first-order valence-electron chi connectivity index (χ1n) is 6.57. The van der Waals surface area contributed by atoms with Crippen LogP contribution in [0.2, 0.25) is 0 Å². The number of nitrogens with one attached hydrogen (secondary N) is 1. The Morgan fingerprint density at radius 3 is 2.89 bits per heavy atom. The van der Waals surface area contributed by atoms with Gasteiger partial charge in [0, 0.05) is 24.9 Å². The number of rotatable bonds is 4. The van der Waals surface area contributed by atoms with Crippen molar-refractivity contribution >= 4 is 22.4 Å². The van der Waals surface area contributed by atoms with E-state index in [2.05, 4.69) is 22.2 Å². The number of anilines is 1. The van der Waals surface area contributed by atoms with Crippen LogP contribution in [0.25, 0.3) is 0 Å². The Morgan fingerprint density at radius 2 is 2.22 bits per heavy atom. The zero-order chi connectivity index (χ0) is 13.0. The zero-order valence-electron chi connectivity index (χ0n) is 11.1. The second kappa shape index (κ2) is 6.29. The fourth-order valence-corrected chi connectivity index (χ4v) is 3.24. The number of amides is 1. The number of hydrogen-bond acceptors (Lipinski definition) is 4. The van der Waals surface area contributed by atoms with Gasteiger partial charge in [-0.2, -0.15) is 0 Å². The molecule has 1 aliphatic carbocycles.